The van der Waals surface area contributed by atoms with Crippen LogP contribution in [0.2, 0.25) is 0 Å². The van der Waals surface area contributed by atoms with Crippen molar-refractivity contribution in [1.29, 1.82) is 0 Å². The van der Waals surface area contributed by atoms with E-state index in [9.17, 15) is 5.21 Å². The molecule has 11 heavy (non-hydrogen) atoms. The number of hydrogen-bond donors (Lipinski definition) is 1. The van der Waals surface area contributed by atoms with E-state index in [1.54, 1.807) is 12.1 Å². The highest BCUT2D eigenvalue weighted by Crippen LogP contribution is 2.15. The summed E-state index contributed by atoms with van der Waals surface area (Å²) in [5.74, 6) is 0. The first-order valence-corrected chi connectivity index (χ1v) is 3.61. The van der Waals surface area contributed by atoms with Crippen LogP contribution in [0.25, 0.3) is 0 Å². The van der Waals surface area contributed by atoms with Crippen LogP contribution in [0, 0.1) is 5.21 Å². The van der Waals surface area contributed by atoms with Crippen LogP contribution in [0.5, 0.6) is 0 Å². The van der Waals surface area contributed by atoms with Gasteiger partial charge in [0.1, 0.15) is 0 Å². The topological polar surface area (TPSA) is 58.7 Å². The number of nitrogens with zero attached hydrogens (tertiary/aromatic N) is 2. The molecule has 1 aromatic carbocycles. The molecule has 58 valence electrons. The normalized spacial score (nSPS) is 11.5. The summed E-state index contributed by atoms with van der Waals surface area (Å²) in [6.45, 7) is 0. The highest BCUT2D eigenvalue weighted by Gasteiger charge is 2.00. The van der Waals surface area contributed by atoms with E-state index in [0.29, 0.717) is 0 Å². The molecule has 0 aliphatic carbocycles. The summed E-state index contributed by atoms with van der Waals surface area (Å²) in [5, 5.41) is 21.1. The molecule has 0 saturated heterocycles. The van der Waals surface area contributed by atoms with E-state index in [2.05, 4.69) is 21.2 Å². The predicted octanol–water partition coefficient (Wildman–Crippen LogP) is 2.43. The zero-order chi connectivity index (χ0) is 8.27. The Balaban J connectivity index is 2.99. The Labute approximate surface area is 71.5 Å². The van der Waals surface area contributed by atoms with Gasteiger partial charge in [-0.2, -0.15) is 0 Å². The third-order valence-electron chi connectivity index (χ3n) is 1.13. The van der Waals surface area contributed by atoms with Crippen molar-refractivity contribution in [1.82, 2.24) is 0 Å². The van der Waals surface area contributed by atoms with Crippen LogP contribution in [0.4, 0.5) is 5.69 Å². The van der Waals surface area contributed by atoms with Gasteiger partial charge in [0.05, 0.1) is 0 Å². The maximum Gasteiger partial charge on any atom is 0.248 e. The van der Waals surface area contributed by atoms with E-state index >= 15 is 0 Å². The lowest BCUT2D eigenvalue weighted by molar-refractivity contribution is -0.473. The molecular formula is C6H5BrN2O2. The summed E-state index contributed by atoms with van der Waals surface area (Å²) in [6.07, 6.45) is 0. The summed E-state index contributed by atoms with van der Waals surface area (Å²) < 4.78 is 0.868. The monoisotopic (exact) mass is 216 g/mol. The van der Waals surface area contributed by atoms with Crippen LogP contribution < -0.4 is 0 Å². The summed E-state index contributed by atoms with van der Waals surface area (Å²) in [7, 11) is 0. The Bertz CT molecular complexity index is 270. The summed E-state index contributed by atoms with van der Waals surface area (Å²) in [6, 6.07) is 6.45. The van der Waals surface area contributed by atoms with E-state index in [0.717, 1.165) is 4.47 Å². The molecule has 0 fully saturated rings. The van der Waals surface area contributed by atoms with Crippen molar-refractivity contribution in [2.24, 2.45) is 5.28 Å². The average Bonchev–Trinajstić information content (AvgIpc) is 2.05. The van der Waals surface area contributed by atoms with Crippen LogP contribution in [0.3, 0.4) is 0 Å². The number of hydrogen-bond acceptors (Lipinski definition) is 2. The third kappa shape index (κ3) is 1.91. The van der Waals surface area contributed by atoms with Gasteiger partial charge < -0.3 is 10.4 Å². The van der Waals surface area contributed by atoms with Gasteiger partial charge in [0.25, 0.3) is 0 Å². The van der Waals surface area contributed by atoms with Gasteiger partial charge in [0.15, 0.2) is 0 Å². The molecule has 0 radical (unpaired) electrons. The van der Waals surface area contributed by atoms with Crippen molar-refractivity contribution in [2.75, 3.05) is 0 Å². The van der Waals surface area contributed by atoms with E-state index in [1.165, 1.54) is 12.1 Å². The molecule has 0 amide bonds. The lowest BCUT2D eigenvalue weighted by atomic mass is 10.3. The Morgan fingerprint density at radius 2 is 1.91 bits per heavy atom. The molecular weight excluding hydrogens is 212 g/mol. The first-order valence-electron chi connectivity index (χ1n) is 2.82. The Kier molecular flexibility index (Phi) is 2.43. The van der Waals surface area contributed by atoms with Gasteiger partial charge in [0.2, 0.25) is 11.0 Å². The maximum atomic E-state index is 10.6. The van der Waals surface area contributed by atoms with E-state index < -0.39 is 0 Å². The molecule has 0 atom stereocenters. The van der Waals surface area contributed by atoms with Gasteiger partial charge in [-0.25, -0.2) is 0 Å². The molecule has 0 aromatic heterocycles. The minimum atomic E-state index is 0.131. The standard InChI is InChI=1S/C6H5BrN2O2/c7-5-1-3-6(4-2-5)9(11)8-10/h1-4,10H. The molecule has 0 aliphatic heterocycles. The molecule has 0 aliphatic rings. The number of halogens is 1. The highest BCUT2D eigenvalue weighted by molar-refractivity contribution is 9.10. The van der Waals surface area contributed by atoms with Crippen LogP contribution >= 0.6 is 15.9 Å². The smallest absolute Gasteiger partial charge is 0.248 e. The largest absolute Gasteiger partial charge is 0.592 e. The summed E-state index contributed by atoms with van der Waals surface area (Å²) >= 11 is 3.20. The first kappa shape index (κ1) is 8.00. The molecule has 0 saturated carbocycles. The van der Waals surface area contributed by atoms with Gasteiger partial charge in [-0.05, 0) is 17.0 Å². The van der Waals surface area contributed by atoms with Crippen LogP contribution in [0.15, 0.2) is 34.0 Å². The van der Waals surface area contributed by atoms with E-state index in [-0.39, 0.29) is 10.5 Å². The van der Waals surface area contributed by atoms with Gasteiger partial charge in [0, 0.05) is 16.6 Å². The summed E-state index contributed by atoms with van der Waals surface area (Å²) in [5.41, 5.74) is 0.288. The minimum absolute atomic E-state index is 0.131. The van der Waals surface area contributed by atoms with Crippen LogP contribution in [0.1, 0.15) is 0 Å². The molecule has 0 spiro atoms. The minimum Gasteiger partial charge on any atom is -0.592 e. The fraction of sp³-hybridized carbons (Fsp3) is 0. The Morgan fingerprint density at radius 3 is 2.36 bits per heavy atom. The second-order valence-electron chi connectivity index (χ2n) is 1.84. The fourth-order valence-corrected chi connectivity index (χ4v) is 0.885. The molecule has 1 N–H and O–H groups in total. The second kappa shape index (κ2) is 3.34. The lowest BCUT2D eigenvalue weighted by Gasteiger charge is -1.95. The quantitative estimate of drug-likeness (QED) is 0.446. The maximum absolute atomic E-state index is 10.6. The molecule has 0 heterocycles. The van der Waals surface area contributed by atoms with Crippen molar-refractivity contribution in [3.05, 3.63) is 33.9 Å². The number of rotatable bonds is 1. The van der Waals surface area contributed by atoms with Crippen LogP contribution in [-0.2, 0) is 0 Å². The number of benzene rings is 1. The second-order valence-corrected chi connectivity index (χ2v) is 2.75. The molecule has 5 heteroatoms. The zero-order valence-electron chi connectivity index (χ0n) is 5.44. The van der Waals surface area contributed by atoms with Crippen molar-refractivity contribution in [3.8, 4) is 0 Å². The van der Waals surface area contributed by atoms with Crippen LogP contribution in [-0.4, -0.2) is 10.1 Å². The third-order valence-corrected chi connectivity index (χ3v) is 1.66. The lowest BCUT2D eigenvalue weighted by Crippen LogP contribution is -1.89. The molecule has 4 nitrogen and oxygen atoms in total. The van der Waals surface area contributed by atoms with E-state index in [4.69, 9.17) is 5.21 Å². The summed E-state index contributed by atoms with van der Waals surface area (Å²) in [4.78, 5) is 0.131. The van der Waals surface area contributed by atoms with Crippen molar-refractivity contribution in [2.45, 2.75) is 0 Å². The van der Waals surface area contributed by atoms with Crippen molar-refractivity contribution in [3.63, 3.8) is 0 Å². The molecule has 0 bridgehead atoms. The van der Waals surface area contributed by atoms with E-state index in [1.807, 2.05) is 0 Å². The zero-order valence-corrected chi connectivity index (χ0v) is 7.02. The van der Waals surface area contributed by atoms with Gasteiger partial charge >= 0.3 is 0 Å². The fourth-order valence-electron chi connectivity index (χ4n) is 0.620. The molecule has 1 rings (SSSR count). The Morgan fingerprint density at radius 1 is 1.36 bits per heavy atom. The average molecular weight is 217 g/mol. The highest BCUT2D eigenvalue weighted by atomic mass is 79.9. The SMILES string of the molecule is [O-][N+](=NO)c1ccc(Br)cc1. The molecule has 0 unspecified atom stereocenters. The molecule has 1 aromatic rings. The van der Waals surface area contributed by atoms with Crippen molar-refractivity contribution >= 4 is 21.6 Å². The first-order chi connectivity index (χ1) is 5.24. The van der Waals surface area contributed by atoms with Crippen molar-refractivity contribution < 1.29 is 10.1 Å². The predicted molar refractivity (Wildman–Crippen MR) is 41.6 cm³/mol. The van der Waals surface area contributed by atoms with Gasteiger partial charge in [-0.1, -0.05) is 15.9 Å². The van der Waals surface area contributed by atoms with Gasteiger partial charge in [-0.15, -0.1) is 0 Å². The Hall–Kier alpha value is -1.10. The van der Waals surface area contributed by atoms with Gasteiger partial charge in [-0.3, -0.25) is 0 Å².